The number of aliphatic carboxylic acids is 3. The fourth-order valence-corrected chi connectivity index (χ4v) is 16.3. The van der Waals surface area contributed by atoms with Gasteiger partial charge in [-0.15, -0.1) is 0 Å². The standard InChI is InChI=1S/C34H39N7O2.C32H33N5O3.C22H35N3O6.2C12H12N2.2CH4.Eu/c1-22(2)34(43)24-15-28-21-41(4)19-26-9-6-11-30(37-26)29-10-5-8-25(36-29)18-40(3)20-27-14-23(33(42)12-7-13-35)16-31(38-27)32(17-24)39-28;1-19(2)31(38)21-13-25-12-20(3)11-23-7-5-9-27(33-23)28-10-6-8-24(34-28)17-37(4)18-26-14-22(32(39)40)16-30(36-26)29(15-21)35-25;1-4-23(14-20(26)27)9-10-24(15-21(28)29)11-12-25(16-22(30)31)13-18-5-7-19(8-6-18)17(2)3;2*1-9-5-3-7-11(13-9)12-8-4-6-10(2)14-12;;;/h5-6,8-11,14-17,22H,7,12-13,18-21,35H2,1-4H3;5-10,13-16,19-20H,11-12,17-18H2,1-4H3,(H,39,40);5-8,17H,4,9-16H2,1-3H3,(H,26,27)(H,28,29)(H,30,31);2*3-8H,1-2H3;2*1H4;/q;;;;;;;+3/p-3/t;20-;;;;;;/m.1....../s1. The van der Waals surface area contributed by atoms with Crippen molar-refractivity contribution in [3.8, 4) is 68.3 Å². The number of carboxylic acids is 4. The van der Waals surface area contributed by atoms with E-state index in [2.05, 4.69) is 50.5 Å². The summed E-state index contributed by atoms with van der Waals surface area (Å²) in [5, 5.41) is 43.0. The van der Waals surface area contributed by atoms with Crippen molar-refractivity contribution >= 4 is 41.2 Å². The number of aromatic nitrogens is 12. The fraction of sp³-hybridized carbons (Fsp3) is 0.360. The molecule has 0 aliphatic carbocycles. The molecule has 3 N–H and O–H groups in total. The number of fused-ring (bicyclic) bond motifs is 20. The molecule has 14 heterocycles. The number of carbonyl (C=O) groups excluding carboxylic acids is 6. The summed E-state index contributed by atoms with van der Waals surface area (Å²) in [6.45, 7) is 28.4. The van der Waals surface area contributed by atoms with Crippen LogP contribution in [0.2, 0.25) is 0 Å². The molecule has 0 saturated carbocycles. The van der Waals surface area contributed by atoms with E-state index in [9.17, 15) is 54.0 Å². The molecule has 0 radical (unpaired) electrons. The smallest absolute Gasteiger partial charge is 0.549 e. The van der Waals surface area contributed by atoms with Crippen LogP contribution in [0.3, 0.4) is 0 Å². The maximum atomic E-state index is 13.2. The van der Waals surface area contributed by atoms with Crippen molar-refractivity contribution in [3.63, 3.8) is 0 Å². The minimum atomic E-state index is -1.25. The van der Waals surface area contributed by atoms with Crippen molar-refractivity contribution in [3.05, 3.63) is 320 Å². The number of nitrogens with two attached hydrogens (primary N) is 1. The van der Waals surface area contributed by atoms with E-state index >= 15 is 0 Å². The molecule has 0 amide bonds. The molecular formula is C114H136EuN19O11. The largest absolute Gasteiger partial charge is 3.00 e. The third kappa shape index (κ3) is 37.7. The average Bonchev–Trinajstić information content (AvgIpc) is 0.801. The van der Waals surface area contributed by atoms with Crippen molar-refractivity contribution in [2.75, 3.05) is 80.0 Å². The van der Waals surface area contributed by atoms with Crippen LogP contribution in [0.25, 0.3) is 68.3 Å². The van der Waals surface area contributed by atoms with E-state index in [1.54, 1.807) is 45.9 Å². The second-order valence-electron chi connectivity index (χ2n) is 37.2. The second-order valence-corrected chi connectivity index (χ2v) is 37.2. The number of ketones is 3. The van der Waals surface area contributed by atoms with Gasteiger partial charge in [-0.05, 0) is 250 Å². The van der Waals surface area contributed by atoms with E-state index in [1.165, 1.54) is 11.6 Å². The summed E-state index contributed by atoms with van der Waals surface area (Å²) in [5.74, 6) is -4.42. The van der Waals surface area contributed by atoms with Crippen LogP contribution < -0.4 is 21.1 Å². The van der Waals surface area contributed by atoms with E-state index in [1.807, 2.05) is 269 Å². The topological polar surface area (TPSA) is 409 Å². The second kappa shape index (κ2) is 57.8. The van der Waals surface area contributed by atoms with Crippen LogP contribution in [0, 0.1) is 94.8 Å². The molecule has 1 aromatic carbocycles. The summed E-state index contributed by atoms with van der Waals surface area (Å²) < 4.78 is 0. The van der Waals surface area contributed by atoms with Gasteiger partial charge in [-0.2, -0.15) is 0 Å². The number of hydrogen-bond acceptors (Lipinski definition) is 29. The number of likely N-dealkylation sites (N-methyl/N-ethyl adjacent to an activating group) is 1. The van der Waals surface area contributed by atoms with Crippen LogP contribution in [0.5, 0.6) is 0 Å². The SMILES string of the molecule is C.C.CC(C)C(=O)c1cc2nc(c1)-c1cc(C(=O)CCCN)cc(n1)CN(C)Cc1cccc(n1)-c1cccc(n1)CN(C)C2.CC(C)C(=O)c1cc2nc(c1)-c1cc(C(=O)O)cc(n1)CN(C)Cc1cccc(n1)-c1cccc(n1)C[C@@H](C)C2.CCN(CCN(CCN(CC(=O)[O-])Cc1ccc(C(C)C)cc1)CC(=O)[O-])CC(=O)[O-].Cc1cccc(-c2cccc(C)n2)n1.Cc1cccc(-c2cccc(C)n2)n1.[Eu+3]. The number of aryl methyl sites for hydroxylation is 4. The number of hydrogen-bond donors (Lipinski definition) is 2. The molecule has 0 unspecified atom stereocenters. The first-order chi connectivity index (χ1) is 67.9. The number of pyridine rings is 12. The van der Waals surface area contributed by atoms with E-state index in [0.29, 0.717) is 149 Å². The molecule has 0 fully saturated rings. The third-order valence-electron chi connectivity index (χ3n) is 23.4. The van der Waals surface area contributed by atoms with Crippen LogP contribution in [-0.2, 0) is 73.0 Å². The van der Waals surface area contributed by atoms with Gasteiger partial charge in [0, 0.05) is 161 Å². The first kappa shape index (κ1) is 117. The minimum Gasteiger partial charge on any atom is -0.549 e. The quantitative estimate of drug-likeness (QED) is 0.0451. The van der Waals surface area contributed by atoms with E-state index in [-0.39, 0.29) is 131 Å². The molecule has 1 atom stereocenters. The van der Waals surface area contributed by atoms with Crippen LogP contribution in [0.4, 0.5) is 0 Å². The van der Waals surface area contributed by atoms with Gasteiger partial charge in [0.25, 0.3) is 0 Å². The summed E-state index contributed by atoms with van der Waals surface area (Å²) in [4.78, 5) is 153. The fourth-order valence-electron chi connectivity index (χ4n) is 16.3. The Kier molecular flexibility index (Phi) is 46.8. The molecular weight excluding hydrogens is 1960 g/mol. The van der Waals surface area contributed by atoms with Crippen molar-refractivity contribution in [2.45, 2.75) is 175 Å². The first-order valence-electron chi connectivity index (χ1n) is 48.0. The third-order valence-corrected chi connectivity index (χ3v) is 23.4. The average molecular weight is 2100 g/mol. The number of Topliss-reactive ketones (excluding diaryl/α,β-unsaturated/α-hetero) is 3. The number of nitrogens with zero attached hydrogens (tertiary/aromatic N) is 18. The molecule has 13 aromatic rings. The van der Waals surface area contributed by atoms with Gasteiger partial charge >= 0.3 is 55.3 Å². The van der Waals surface area contributed by atoms with Crippen molar-refractivity contribution in [1.29, 1.82) is 0 Å². The van der Waals surface area contributed by atoms with Gasteiger partial charge in [-0.1, -0.05) is 143 Å². The molecule has 12 aromatic heterocycles. The van der Waals surface area contributed by atoms with Crippen LogP contribution in [0.15, 0.2) is 218 Å². The van der Waals surface area contributed by atoms with Crippen molar-refractivity contribution in [1.82, 2.24) is 89.2 Å². The number of carbonyl (C=O) groups is 7. The number of aromatic carboxylic acids is 1. The Morgan fingerprint density at radius 3 is 1.02 bits per heavy atom. The molecule has 16 bridgehead atoms. The summed E-state index contributed by atoms with van der Waals surface area (Å²) in [6.07, 6.45) is 2.32. The normalized spacial score (nSPS) is 13.0. The zero-order valence-corrected chi connectivity index (χ0v) is 86.7. The van der Waals surface area contributed by atoms with E-state index in [4.69, 9.17) is 45.6 Å². The Labute approximate surface area is 894 Å². The summed E-state index contributed by atoms with van der Waals surface area (Å²) in [7, 11) is 5.96. The van der Waals surface area contributed by atoms with Crippen molar-refractivity contribution < 1.29 is 103 Å². The molecule has 2 aliphatic rings. The summed E-state index contributed by atoms with van der Waals surface area (Å²) in [6, 6.07) is 69.7. The van der Waals surface area contributed by atoms with Gasteiger partial charge in [-0.3, -0.25) is 73.7 Å². The van der Waals surface area contributed by atoms with E-state index < -0.39 is 23.9 Å². The molecule has 30 nitrogen and oxygen atoms in total. The molecule has 0 saturated heterocycles. The van der Waals surface area contributed by atoms with Crippen LogP contribution in [0.1, 0.15) is 210 Å². The summed E-state index contributed by atoms with van der Waals surface area (Å²) in [5.41, 5.74) is 29.4. The number of carboxylic acid groups (broad SMARTS) is 4. The Morgan fingerprint density at radius 2 is 0.662 bits per heavy atom. The van der Waals surface area contributed by atoms with Crippen molar-refractivity contribution in [2.24, 2.45) is 23.5 Å². The zero-order valence-electron chi connectivity index (χ0n) is 84.3. The van der Waals surface area contributed by atoms with Gasteiger partial charge in [0.1, 0.15) is 0 Å². The van der Waals surface area contributed by atoms with E-state index in [0.717, 1.165) is 120 Å². The molecule has 15 rings (SSSR count). The summed E-state index contributed by atoms with van der Waals surface area (Å²) >= 11 is 0. The minimum absolute atomic E-state index is 0. The van der Waals surface area contributed by atoms with Crippen LogP contribution >= 0.6 is 0 Å². The zero-order chi connectivity index (χ0) is 102. The Morgan fingerprint density at radius 1 is 0.372 bits per heavy atom. The van der Waals surface area contributed by atoms with Gasteiger partial charge in [0.15, 0.2) is 17.3 Å². The maximum Gasteiger partial charge on any atom is 3.00 e. The predicted molar refractivity (Wildman–Crippen MR) is 557 cm³/mol. The molecule has 2 aliphatic heterocycles. The molecule has 0 spiro atoms. The van der Waals surface area contributed by atoms with Gasteiger partial charge < -0.3 is 40.5 Å². The van der Waals surface area contributed by atoms with Gasteiger partial charge in [-0.25, -0.2) is 34.7 Å². The Balaban J connectivity index is 0.000000233. The Bertz CT molecular complexity index is 6350. The Hall–Kier alpha value is -12.8. The van der Waals surface area contributed by atoms with Gasteiger partial charge in [0.2, 0.25) is 0 Å². The molecule has 760 valence electrons. The number of rotatable bonds is 27. The molecule has 145 heavy (non-hydrogen) atoms. The molecule has 31 heteroatoms. The van der Waals surface area contributed by atoms with Crippen LogP contribution in [-0.4, -0.2) is 216 Å². The predicted octanol–water partition coefficient (Wildman–Crippen LogP) is 14.7. The number of benzene rings is 1. The monoisotopic (exact) mass is 2100 g/mol. The maximum absolute atomic E-state index is 13.2. The van der Waals surface area contributed by atoms with Gasteiger partial charge in [0.05, 0.1) is 126 Å². The first-order valence-corrected chi connectivity index (χ1v) is 48.0.